The summed E-state index contributed by atoms with van der Waals surface area (Å²) in [5.74, 6) is 1.21. The smallest absolute Gasteiger partial charge is 0.345 e. The zero-order valence-electron chi connectivity index (χ0n) is 8.79. The van der Waals surface area contributed by atoms with Crippen molar-refractivity contribution in [2.24, 2.45) is 16.6 Å². The van der Waals surface area contributed by atoms with E-state index in [1.54, 1.807) is 11.9 Å². The van der Waals surface area contributed by atoms with Crippen LogP contribution in [-0.2, 0) is 0 Å². The van der Waals surface area contributed by atoms with Crippen LogP contribution in [-0.4, -0.2) is 29.4 Å². The summed E-state index contributed by atoms with van der Waals surface area (Å²) in [6.45, 7) is 2.01. The van der Waals surface area contributed by atoms with E-state index < -0.39 is 0 Å². The van der Waals surface area contributed by atoms with Crippen molar-refractivity contribution in [3.8, 4) is 0 Å². The molecule has 1 saturated carbocycles. The number of rotatable bonds is 2. The maximum absolute atomic E-state index is 11.3. The first-order valence-electron chi connectivity index (χ1n) is 5.16. The molecule has 0 bridgehead atoms. The number of hydrogen-bond donors (Lipinski definition) is 1. The lowest BCUT2D eigenvalue weighted by Crippen LogP contribution is -2.51. The lowest BCUT2D eigenvalue weighted by molar-refractivity contribution is 0.161. The molecule has 14 heavy (non-hydrogen) atoms. The first kappa shape index (κ1) is 9.49. The standard InChI is InChI=1S/C10H17N3O/c1-10(6-7-4-3-5-7)8(11)12-9(14)13(10)2/h7H,3-6H2,1-2H3,(H2,11,12,14). The molecule has 2 N–H and O–H groups in total. The van der Waals surface area contributed by atoms with Gasteiger partial charge in [0.05, 0.1) is 5.54 Å². The number of hydrogen-bond acceptors (Lipinski definition) is 2. The summed E-state index contributed by atoms with van der Waals surface area (Å²) in [4.78, 5) is 16.8. The van der Waals surface area contributed by atoms with E-state index in [0.29, 0.717) is 5.84 Å². The molecule has 0 aromatic carbocycles. The number of carbonyl (C=O) groups is 1. The monoisotopic (exact) mass is 195 g/mol. The van der Waals surface area contributed by atoms with Gasteiger partial charge in [-0.2, -0.15) is 4.99 Å². The molecule has 0 saturated heterocycles. The third-order valence-electron chi connectivity index (χ3n) is 3.71. The topological polar surface area (TPSA) is 58.7 Å². The zero-order valence-corrected chi connectivity index (χ0v) is 8.79. The minimum Gasteiger partial charge on any atom is -0.385 e. The number of urea groups is 1. The highest BCUT2D eigenvalue weighted by atomic mass is 16.2. The third-order valence-corrected chi connectivity index (χ3v) is 3.71. The quantitative estimate of drug-likeness (QED) is 0.723. The van der Waals surface area contributed by atoms with Crippen molar-refractivity contribution >= 4 is 11.9 Å². The van der Waals surface area contributed by atoms with Crippen LogP contribution in [0.3, 0.4) is 0 Å². The van der Waals surface area contributed by atoms with Crippen LogP contribution in [0, 0.1) is 5.92 Å². The molecule has 2 aliphatic rings. The summed E-state index contributed by atoms with van der Waals surface area (Å²) in [5, 5.41) is 0. The molecule has 1 fully saturated rings. The van der Waals surface area contributed by atoms with Gasteiger partial charge in [-0.05, 0) is 19.3 Å². The summed E-state index contributed by atoms with van der Waals surface area (Å²) in [6.07, 6.45) is 4.82. The van der Waals surface area contributed by atoms with E-state index in [2.05, 4.69) is 4.99 Å². The molecule has 2 rings (SSSR count). The van der Waals surface area contributed by atoms with Crippen LogP contribution in [0.4, 0.5) is 4.79 Å². The van der Waals surface area contributed by atoms with Crippen LogP contribution in [0.5, 0.6) is 0 Å². The van der Waals surface area contributed by atoms with Gasteiger partial charge >= 0.3 is 6.03 Å². The van der Waals surface area contributed by atoms with E-state index >= 15 is 0 Å². The molecule has 4 heteroatoms. The predicted molar refractivity (Wildman–Crippen MR) is 55.1 cm³/mol. The number of likely N-dealkylation sites (N-methyl/N-ethyl adjacent to an activating group) is 1. The first-order valence-corrected chi connectivity index (χ1v) is 5.16. The van der Waals surface area contributed by atoms with Crippen LogP contribution in [0.15, 0.2) is 4.99 Å². The lowest BCUT2D eigenvalue weighted by atomic mass is 9.76. The van der Waals surface area contributed by atoms with E-state index in [0.717, 1.165) is 12.3 Å². The Hall–Kier alpha value is -1.06. The molecule has 0 aromatic rings. The molecule has 4 nitrogen and oxygen atoms in total. The average molecular weight is 195 g/mol. The Bertz CT molecular complexity index is 296. The molecule has 1 atom stereocenters. The maximum Gasteiger partial charge on any atom is 0.345 e. The normalized spacial score (nSPS) is 33.1. The summed E-state index contributed by atoms with van der Waals surface area (Å²) < 4.78 is 0. The Kier molecular flexibility index (Phi) is 2.01. The molecular formula is C10H17N3O. The SMILES string of the molecule is CN1C(=O)N=C(N)C1(C)CC1CCC1. The minimum absolute atomic E-state index is 0.204. The second-order valence-electron chi connectivity index (χ2n) is 4.61. The number of aliphatic imine (C=N–C) groups is 1. The summed E-state index contributed by atoms with van der Waals surface area (Å²) in [5.41, 5.74) is 5.48. The summed E-state index contributed by atoms with van der Waals surface area (Å²) in [7, 11) is 1.78. The molecule has 1 aliphatic heterocycles. The number of amidine groups is 1. The number of nitrogens with zero attached hydrogens (tertiary/aromatic N) is 2. The van der Waals surface area contributed by atoms with Crippen molar-refractivity contribution in [3.05, 3.63) is 0 Å². The lowest BCUT2D eigenvalue weighted by Gasteiger charge is -2.38. The molecule has 1 aliphatic carbocycles. The summed E-state index contributed by atoms with van der Waals surface area (Å²) >= 11 is 0. The Labute approximate surface area is 84.2 Å². The maximum atomic E-state index is 11.3. The molecule has 0 radical (unpaired) electrons. The van der Waals surface area contributed by atoms with Gasteiger partial charge in [0.1, 0.15) is 5.84 Å². The minimum atomic E-state index is -0.331. The Balaban J connectivity index is 2.13. The second-order valence-corrected chi connectivity index (χ2v) is 4.61. The van der Waals surface area contributed by atoms with Crippen LogP contribution < -0.4 is 5.73 Å². The van der Waals surface area contributed by atoms with Crippen molar-refractivity contribution in [2.45, 2.75) is 38.1 Å². The fourth-order valence-corrected chi connectivity index (χ4v) is 2.18. The van der Waals surface area contributed by atoms with Crippen molar-refractivity contribution < 1.29 is 4.79 Å². The highest BCUT2D eigenvalue weighted by Gasteiger charge is 2.44. The molecule has 1 heterocycles. The number of amides is 2. The highest BCUT2D eigenvalue weighted by Crippen LogP contribution is 2.37. The first-order chi connectivity index (χ1) is 6.54. The average Bonchev–Trinajstić information content (AvgIpc) is 2.25. The van der Waals surface area contributed by atoms with E-state index in [-0.39, 0.29) is 11.6 Å². The van der Waals surface area contributed by atoms with Crippen molar-refractivity contribution in [1.29, 1.82) is 0 Å². The molecular weight excluding hydrogens is 178 g/mol. The Morgan fingerprint density at radius 2 is 2.29 bits per heavy atom. The highest BCUT2D eigenvalue weighted by molar-refractivity contribution is 6.05. The van der Waals surface area contributed by atoms with Crippen LogP contribution in [0.25, 0.3) is 0 Å². The number of carbonyl (C=O) groups excluding carboxylic acids is 1. The van der Waals surface area contributed by atoms with Gasteiger partial charge in [-0.3, -0.25) is 0 Å². The van der Waals surface area contributed by atoms with Crippen LogP contribution >= 0.6 is 0 Å². The number of nitrogens with two attached hydrogens (primary N) is 1. The van der Waals surface area contributed by atoms with Crippen molar-refractivity contribution in [2.75, 3.05) is 7.05 Å². The van der Waals surface area contributed by atoms with Crippen molar-refractivity contribution in [3.63, 3.8) is 0 Å². The molecule has 78 valence electrons. The summed E-state index contributed by atoms with van der Waals surface area (Å²) in [6, 6.07) is -0.204. The van der Waals surface area contributed by atoms with Gasteiger partial charge in [0.2, 0.25) is 0 Å². The second kappa shape index (κ2) is 2.97. The third kappa shape index (κ3) is 1.21. The van der Waals surface area contributed by atoms with E-state index in [4.69, 9.17) is 5.73 Å². The van der Waals surface area contributed by atoms with Gasteiger partial charge in [0, 0.05) is 7.05 Å². The van der Waals surface area contributed by atoms with Crippen molar-refractivity contribution in [1.82, 2.24) is 4.90 Å². The van der Waals surface area contributed by atoms with E-state index in [9.17, 15) is 4.79 Å². The van der Waals surface area contributed by atoms with Gasteiger partial charge in [0.25, 0.3) is 0 Å². The Morgan fingerprint density at radius 1 is 1.64 bits per heavy atom. The molecule has 0 aromatic heterocycles. The van der Waals surface area contributed by atoms with E-state index in [1.165, 1.54) is 19.3 Å². The fourth-order valence-electron chi connectivity index (χ4n) is 2.18. The van der Waals surface area contributed by atoms with Gasteiger partial charge in [-0.1, -0.05) is 19.3 Å². The largest absolute Gasteiger partial charge is 0.385 e. The van der Waals surface area contributed by atoms with Crippen LogP contribution in [0.1, 0.15) is 32.6 Å². The molecule has 1 unspecified atom stereocenters. The Morgan fingerprint density at radius 3 is 2.64 bits per heavy atom. The van der Waals surface area contributed by atoms with Crippen LogP contribution in [0.2, 0.25) is 0 Å². The van der Waals surface area contributed by atoms with Gasteiger partial charge in [-0.15, -0.1) is 0 Å². The van der Waals surface area contributed by atoms with Gasteiger partial charge in [-0.25, -0.2) is 4.79 Å². The predicted octanol–water partition coefficient (Wildman–Crippen LogP) is 1.36. The van der Waals surface area contributed by atoms with Gasteiger partial charge in [0.15, 0.2) is 0 Å². The fraction of sp³-hybridized carbons (Fsp3) is 0.800. The molecule has 2 amide bonds. The van der Waals surface area contributed by atoms with E-state index in [1.807, 2.05) is 6.92 Å². The van der Waals surface area contributed by atoms with Gasteiger partial charge < -0.3 is 10.6 Å². The zero-order chi connectivity index (χ0) is 10.3. The molecule has 0 spiro atoms.